The molecule has 2 amide bonds. The van der Waals surface area contributed by atoms with Crippen LogP contribution in [0.2, 0.25) is 0 Å². The second kappa shape index (κ2) is 8.10. The molecule has 28 heavy (non-hydrogen) atoms. The van der Waals surface area contributed by atoms with Crippen molar-refractivity contribution in [1.29, 1.82) is 0 Å². The fourth-order valence-corrected chi connectivity index (χ4v) is 3.54. The number of hydrogen-bond acceptors (Lipinski definition) is 5. The fraction of sp³-hybridized carbons (Fsp3) is 0.450. The molecule has 8 heteroatoms. The third-order valence-corrected chi connectivity index (χ3v) is 5.40. The second-order valence-electron chi connectivity index (χ2n) is 7.23. The van der Waals surface area contributed by atoms with E-state index in [1.807, 2.05) is 35.2 Å². The van der Waals surface area contributed by atoms with Crippen molar-refractivity contribution in [3.63, 3.8) is 0 Å². The summed E-state index contributed by atoms with van der Waals surface area (Å²) in [5, 5.41) is 3.05. The van der Waals surface area contributed by atoms with Gasteiger partial charge in [0, 0.05) is 45.0 Å². The lowest BCUT2D eigenvalue weighted by atomic mass is 10.1. The Morgan fingerprint density at radius 1 is 1.21 bits per heavy atom. The van der Waals surface area contributed by atoms with E-state index in [9.17, 15) is 9.18 Å². The Hall–Kier alpha value is -2.74. The zero-order chi connectivity index (χ0) is 19.5. The van der Waals surface area contributed by atoms with Crippen LogP contribution >= 0.6 is 0 Å². The van der Waals surface area contributed by atoms with Gasteiger partial charge in [-0.15, -0.1) is 0 Å². The van der Waals surface area contributed by atoms with Crippen LogP contribution in [0.1, 0.15) is 12.8 Å². The van der Waals surface area contributed by atoms with E-state index in [0.29, 0.717) is 37.6 Å². The molecule has 4 rings (SSSR count). The van der Waals surface area contributed by atoms with Gasteiger partial charge in [-0.2, -0.15) is 0 Å². The molecule has 0 unspecified atom stereocenters. The van der Waals surface area contributed by atoms with Crippen LogP contribution in [0.5, 0.6) is 0 Å². The van der Waals surface area contributed by atoms with Gasteiger partial charge >= 0.3 is 6.03 Å². The fourth-order valence-electron chi connectivity index (χ4n) is 3.54. The number of carbonyl (C=O) groups excluding carboxylic acids is 1. The first-order valence-electron chi connectivity index (χ1n) is 9.55. The first-order valence-corrected chi connectivity index (χ1v) is 9.55. The molecule has 0 saturated carbocycles. The van der Waals surface area contributed by atoms with E-state index in [1.54, 1.807) is 11.9 Å². The van der Waals surface area contributed by atoms with Crippen LogP contribution in [-0.2, 0) is 4.74 Å². The van der Waals surface area contributed by atoms with Gasteiger partial charge in [-0.3, -0.25) is 0 Å². The minimum Gasteiger partial charge on any atom is -0.381 e. The molecule has 2 aromatic rings. The van der Waals surface area contributed by atoms with Gasteiger partial charge in [-0.25, -0.2) is 19.2 Å². The maximum atomic E-state index is 15.0. The number of nitrogens with one attached hydrogen (secondary N) is 1. The molecule has 7 nitrogen and oxygen atoms in total. The minimum absolute atomic E-state index is 0.0226. The molecule has 3 heterocycles. The zero-order valence-electron chi connectivity index (χ0n) is 15.8. The van der Waals surface area contributed by atoms with E-state index in [-0.39, 0.29) is 23.9 Å². The van der Waals surface area contributed by atoms with Crippen molar-refractivity contribution in [1.82, 2.24) is 20.2 Å². The lowest BCUT2D eigenvalue weighted by Gasteiger charge is -2.44. The summed E-state index contributed by atoms with van der Waals surface area (Å²) in [5.74, 6) is -0.148. The van der Waals surface area contributed by atoms with Gasteiger partial charge in [-0.05, 0) is 12.8 Å². The number of halogens is 1. The first kappa shape index (κ1) is 18.6. The van der Waals surface area contributed by atoms with Gasteiger partial charge in [0.15, 0.2) is 11.6 Å². The van der Waals surface area contributed by atoms with Crippen molar-refractivity contribution in [2.45, 2.75) is 24.9 Å². The number of ether oxygens (including phenoxy) is 1. The smallest absolute Gasteiger partial charge is 0.317 e. The Labute approximate surface area is 163 Å². The quantitative estimate of drug-likeness (QED) is 0.875. The standard InChI is InChI=1S/C20H24FN5O2/c1-25(20(27)24-15-7-9-28-10-8-15)16-11-26(12-16)19-17(21)18(22-13-23-19)14-5-3-2-4-6-14/h2-6,13,15-16H,7-12H2,1H3,(H,24,27). The highest BCUT2D eigenvalue weighted by molar-refractivity contribution is 5.75. The van der Waals surface area contributed by atoms with Gasteiger partial charge < -0.3 is 19.9 Å². The molecule has 0 aliphatic carbocycles. The van der Waals surface area contributed by atoms with Gasteiger partial charge in [-0.1, -0.05) is 30.3 Å². The highest BCUT2D eigenvalue weighted by atomic mass is 19.1. The number of benzene rings is 1. The summed E-state index contributed by atoms with van der Waals surface area (Å²) >= 11 is 0. The first-order chi connectivity index (χ1) is 13.6. The average Bonchev–Trinajstić information content (AvgIpc) is 2.69. The Kier molecular flexibility index (Phi) is 5.38. The lowest BCUT2D eigenvalue weighted by molar-refractivity contribution is 0.0773. The Morgan fingerprint density at radius 2 is 1.93 bits per heavy atom. The van der Waals surface area contributed by atoms with E-state index >= 15 is 0 Å². The lowest BCUT2D eigenvalue weighted by Crippen LogP contribution is -2.62. The molecule has 0 spiro atoms. The number of anilines is 1. The highest BCUT2D eigenvalue weighted by Gasteiger charge is 2.35. The maximum Gasteiger partial charge on any atom is 0.317 e. The van der Waals surface area contributed by atoms with Gasteiger partial charge in [0.25, 0.3) is 0 Å². The Bertz CT molecular complexity index is 823. The predicted octanol–water partition coefficient (Wildman–Crippen LogP) is 2.29. The molecule has 2 saturated heterocycles. The zero-order valence-corrected chi connectivity index (χ0v) is 15.8. The summed E-state index contributed by atoms with van der Waals surface area (Å²) in [7, 11) is 1.78. The molecule has 148 valence electrons. The van der Waals surface area contributed by atoms with Crippen LogP contribution < -0.4 is 10.2 Å². The number of nitrogens with zero attached hydrogens (tertiary/aromatic N) is 4. The maximum absolute atomic E-state index is 15.0. The summed E-state index contributed by atoms with van der Waals surface area (Å²) in [5.41, 5.74) is 1.01. The van der Waals surface area contributed by atoms with Crippen molar-refractivity contribution >= 4 is 11.8 Å². The van der Waals surface area contributed by atoms with Crippen molar-refractivity contribution in [2.75, 3.05) is 38.3 Å². The van der Waals surface area contributed by atoms with Gasteiger partial charge in [0.1, 0.15) is 12.0 Å². The summed E-state index contributed by atoms with van der Waals surface area (Å²) < 4.78 is 20.3. The molecule has 0 radical (unpaired) electrons. The molecule has 1 aromatic heterocycles. The van der Waals surface area contributed by atoms with E-state index in [0.717, 1.165) is 12.8 Å². The van der Waals surface area contributed by atoms with Gasteiger partial charge in [0.05, 0.1) is 6.04 Å². The second-order valence-corrected chi connectivity index (χ2v) is 7.23. The molecule has 0 atom stereocenters. The highest BCUT2D eigenvalue weighted by Crippen LogP contribution is 2.29. The number of hydrogen-bond donors (Lipinski definition) is 1. The van der Waals surface area contributed by atoms with Crippen LogP contribution in [0.4, 0.5) is 15.0 Å². The van der Waals surface area contributed by atoms with E-state index in [1.165, 1.54) is 6.33 Å². The van der Waals surface area contributed by atoms with E-state index in [2.05, 4.69) is 15.3 Å². The molecule has 2 fully saturated rings. The van der Waals surface area contributed by atoms with Crippen LogP contribution in [0.15, 0.2) is 36.7 Å². The number of aromatic nitrogens is 2. The third-order valence-electron chi connectivity index (χ3n) is 5.40. The molecule has 2 aliphatic rings. The summed E-state index contributed by atoms with van der Waals surface area (Å²) in [4.78, 5) is 24.2. The van der Waals surface area contributed by atoms with Crippen molar-refractivity contribution < 1.29 is 13.9 Å². The van der Waals surface area contributed by atoms with Crippen LogP contribution in [0.3, 0.4) is 0 Å². The largest absolute Gasteiger partial charge is 0.381 e. The van der Waals surface area contributed by atoms with E-state index < -0.39 is 5.82 Å². The van der Waals surface area contributed by atoms with Crippen LogP contribution in [0, 0.1) is 5.82 Å². The normalized spacial score (nSPS) is 17.9. The topological polar surface area (TPSA) is 70.6 Å². The molecule has 0 bridgehead atoms. The number of carbonyl (C=O) groups is 1. The van der Waals surface area contributed by atoms with E-state index in [4.69, 9.17) is 4.74 Å². The predicted molar refractivity (Wildman–Crippen MR) is 104 cm³/mol. The van der Waals surface area contributed by atoms with Crippen LogP contribution in [-0.4, -0.2) is 66.3 Å². The third kappa shape index (κ3) is 3.77. The van der Waals surface area contributed by atoms with Crippen molar-refractivity contribution in [2.24, 2.45) is 0 Å². The van der Waals surface area contributed by atoms with Crippen molar-refractivity contribution in [3.05, 3.63) is 42.5 Å². The number of rotatable bonds is 4. The van der Waals surface area contributed by atoms with Crippen molar-refractivity contribution in [3.8, 4) is 11.3 Å². The monoisotopic (exact) mass is 385 g/mol. The molecule has 2 aliphatic heterocycles. The summed E-state index contributed by atoms with van der Waals surface area (Å²) in [6.07, 6.45) is 3.06. The van der Waals surface area contributed by atoms with Crippen LogP contribution in [0.25, 0.3) is 11.3 Å². The average molecular weight is 385 g/mol. The minimum atomic E-state index is -0.429. The number of urea groups is 1. The Morgan fingerprint density at radius 3 is 2.64 bits per heavy atom. The summed E-state index contributed by atoms with van der Waals surface area (Å²) in [6.45, 7) is 2.45. The molecule has 1 aromatic carbocycles. The summed E-state index contributed by atoms with van der Waals surface area (Å²) in [6, 6.07) is 9.31. The number of amides is 2. The van der Waals surface area contributed by atoms with Gasteiger partial charge in [0.2, 0.25) is 0 Å². The SMILES string of the molecule is CN(C(=O)NC1CCOCC1)C1CN(c2ncnc(-c3ccccc3)c2F)C1. The Balaban J connectivity index is 1.38. The molecule has 1 N–H and O–H groups in total. The molecular formula is C20H24FN5O2. The molecular weight excluding hydrogens is 361 g/mol. The number of likely N-dealkylation sites (N-methyl/N-ethyl adjacent to an activating group) is 1.